The summed E-state index contributed by atoms with van der Waals surface area (Å²) in [7, 11) is 8.39. The van der Waals surface area contributed by atoms with Crippen LogP contribution in [0.15, 0.2) is 103 Å². The zero-order valence-electron chi connectivity index (χ0n) is 49.1. The monoisotopic (exact) mass is 1240 g/mol. The van der Waals surface area contributed by atoms with Crippen LogP contribution >= 0.6 is 11.6 Å². The number of hydrogen-bond donors (Lipinski definition) is 6. The number of carbonyl (C=O) groups is 4. The highest BCUT2D eigenvalue weighted by Crippen LogP contribution is 2.35. The number of esters is 2. The van der Waals surface area contributed by atoms with Crippen molar-refractivity contribution in [1.82, 2.24) is 46.2 Å². The smallest absolute Gasteiger partial charge is 0.357 e. The first kappa shape index (κ1) is 68.3. The van der Waals surface area contributed by atoms with E-state index in [1.165, 1.54) is 91.2 Å². The molecule has 7 N–H and O–H groups in total. The van der Waals surface area contributed by atoms with Gasteiger partial charge in [0.1, 0.15) is 11.4 Å². The van der Waals surface area contributed by atoms with Crippen molar-refractivity contribution in [1.29, 1.82) is 0 Å². The molecule has 3 aromatic heterocycles. The number of nitrogens with one attached hydrogen (secondary N) is 2. The first-order valence-corrected chi connectivity index (χ1v) is 26.4. The standard InChI is InChI=1S/C28H30ClFN6O4.C11H12N4O4.C11H11NO4.C9H10O4/c1-27(2,31)18-13-21(16-5-7-20(30)19(29)11-16)32-25(14-18)28(3,38)10-9-22(37)17-6-8-23(24(12-17)39-4)40-15-26-33-35-36-34-26;1-18-9-6-7(11(16)17)2-3-8(9)19-5-4-10-12-14-15-13-10;1-12-7-16-9-5-4-8(11(13)15-3)6-10(9)14-2;1-12-8-5-6(9(11)13-2)3-4-7(8)10/h5-8,11-14,38H,9-10,15,31H2,1-4H3,(H,33,34,35,36);2-3,6H,4-5H2,1H3,(H,16,17)(H,12,13,14,15);4-6H,7H2,2-3H3;3-5,10H,1-2H3. The third kappa shape index (κ3) is 19.8. The number of nitrogens with two attached hydrogens (primary N) is 1. The molecule has 0 saturated carbocycles. The van der Waals surface area contributed by atoms with E-state index < -0.39 is 34.9 Å². The van der Waals surface area contributed by atoms with Crippen LogP contribution in [0.3, 0.4) is 0 Å². The fourth-order valence-electron chi connectivity index (χ4n) is 7.47. The van der Waals surface area contributed by atoms with E-state index in [9.17, 15) is 33.8 Å². The summed E-state index contributed by atoms with van der Waals surface area (Å²) in [6, 6.07) is 25.9. The molecule has 1 atom stereocenters. The Bertz CT molecular complexity index is 3670. The number of hydrogen-bond acceptors (Lipinski definition) is 23. The van der Waals surface area contributed by atoms with E-state index in [0.717, 1.165) is 0 Å². The van der Waals surface area contributed by atoms with Gasteiger partial charge in [0.2, 0.25) is 5.82 Å². The minimum Gasteiger partial charge on any atom is -0.504 e. The van der Waals surface area contributed by atoms with Gasteiger partial charge in [-0.15, -0.1) is 20.4 Å². The Hall–Kier alpha value is -10.5. The van der Waals surface area contributed by atoms with Gasteiger partial charge >= 0.3 is 24.6 Å². The summed E-state index contributed by atoms with van der Waals surface area (Å²) in [4.78, 5) is 53.9. The third-order valence-electron chi connectivity index (χ3n) is 12.3. The van der Waals surface area contributed by atoms with Crippen molar-refractivity contribution >= 4 is 35.3 Å². The van der Waals surface area contributed by atoms with Crippen LogP contribution in [0.1, 0.15) is 98.0 Å². The molecule has 27 nitrogen and oxygen atoms in total. The predicted molar refractivity (Wildman–Crippen MR) is 312 cm³/mol. The van der Waals surface area contributed by atoms with Gasteiger partial charge in [0.05, 0.1) is 82.4 Å². The number of rotatable bonds is 23. The lowest BCUT2D eigenvalue weighted by Gasteiger charge is -2.27. The molecule has 0 aliphatic carbocycles. The molecule has 0 saturated heterocycles. The topological polar surface area (TPSA) is 364 Å². The van der Waals surface area contributed by atoms with Crippen molar-refractivity contribution < 1.29 is 81.5 Å². The highest BCUT2D eigenvalue weighted by Gasteiger charge is 2.30. The van der Waals surface area contributed by atoms with Gasteiger partial charge in [-0.1, -0.05) is 22.0 Å². The second-order valence-electron chi connectivity index (χ2n) is 18.9. The number of H-pyrrole nitrogens is 2. The van der Waals surface area contributed by atoms with Crippen LogP contribution in [0, 0.1) is 12.4 Å². The van der Waals surface area contributed by atoms with Crippen LogP contribution in [-0.4, -0.2) is 141 Å². The molecular formula is C59H63ClFN11O16. The number of phenolic OH excluding ortho intramolecular Hbond substituents is 1. The minimum absolute atomic E-state index is 0.00449. The number of aliphatic hydroxyl groups is 1. The highest BCUT2D eigenvalue weighted by molar-refractivity contribution is 6.31. The number of aromatic amines is 2. The molecule has 0 radical (unpaired) electrons. The fourth-order valence-corrected chi connectivity index (χ4v) is 7.65. The maximum atomic E-state index is 13.8. The highest BCUT2D eigenvalue weighted by atomic mass is 35.5. The molecule has 29 heteroatoms. The number of aromatic nitrogens is 9. The number of phenols is 1. The molecule has 0 aliphatic rings. The Morgan fingerprint density at radius 1 is 0.659 bits per heavy atom. The number of ether oxygens (including phenoxy) is 9. The minimum atomic E-state index is -1.48. The molecule has 3 heterocycles. The number of benzene rings is 5. The fraction of sp³-hybridized carbons (Fsp3) is 0.288. The van der Waals surface area contributed by atoms with E-state index in [2.05, 4.69) is 60.6 Å². The van der Waals surface area contributed by atoms with Crippen molar-refractivity contribution in [2.24, 2.45) is 5.73 Å². The Labute approximate surface area is 508 Å². The number of carboxylic acid groups (broad SMARTS) is 1. The van der Waals surface area contributed by atoms with Gasteiger partial charge in [-0.25, -0.2) is 30.3 Å². The van der Waals surface area contributed by atoms with Gasteiger partial charge in [-0.2, -0.15) is 10.4 Å². The Morgan fingerprint density at radius 3 is 1.72 bits per heavy atom. The van der Waals surface area contributed by atoms with E-state index >= 15 is 0 Å². The molecule has 0 fully saturated rings. The summed E-state index contributed by atoms with van der Waals surface area (Å²) in [5, 5.41) is 56.3. The average molecular weight is 1240 g/mol. The number of pyridine rings is 1. The lowest BCUT2D eigenvalue weighted by molar-refractivity contribution is 0.0396. The molecule has 0 aliphatic heterocycles. The van der Waals surface area contributed by atoms with E-state index in [-0.39, 0.29) is 54.0 Å². The van der Waals surface area contributed by atoms with Gasteiger partial charge in [0, 0.05) is 29.5 Å². The van der Waals surface area contributed by atoms with Gasteiger partial charge in [-0.3, -0.25) is 9.64 Å². The summed E-state index contributed by atoms with van der Waals surface area (Å²) >= 11 is 6.00. The second kappa shape index (κ2) is 32.7. The first-order chi connectivity index (χ1) is 42.0. The number of methoxy groups -OCH3 is 6. The van der Waals surface area contributed by atoms with E-state index in [4.69, 9.17) is 62.2 Å². The number of nitrogens with zero attached hydrogens (tertiary/aromatic N) is 8. The van der Waals surface area contributed by atoms with Crippen LogP contribution in [0.25, 0.3) is 16.1 Å². The summed E-state index contributed by atoms with van der Waals surface area (Å²) in [5.74, 6) is 0.911. The summed E-state index contributed by atoms with van der Waals surface area (Å²) < 4.78 is 59.5. The predicted octanol–water partition coefficient (Wildman–Crippen LogP) is 8.16. The van der Waals surface area contributed by atoms with Crippen molar-refractivity contribution in [2.45, 2.75) is 57.8 Å². The number of carbonyl (C=O) groups excluding carboxylic acids is 3. The van der Waals surface area contributed by atoms with Crippen LogP contribution in [0.2, 0.25) is 5.02 Å². The number of Topliss-reactive ketones (excluding diaryl/α,β-unsaturated/α-hetero) is 1. The lowest BCUT2D eigenvalue weighted by atomic mass is 9.88. The second-order valence-corrected chi connectivity index (χ2v) is 19.3. The Balaban J connectivity index is 0.000000242. The van der Waals surface area contributed by atoms with Gasteiger partial charge in [0.25, 0.3) is 0 Å². The van der Waals surface area contributed by atoms with E-state index in [1.807, 2.05) is 13.8 Å². The molecule has 88 heavy (non-hydrogen) atoms. The lowest BCUT2D eigenvalue weighted by Crippen LogP contribution is -2.31. The van der Waals surface area contributed by atoms with Crippen LogP contribution < -0.4 is 38.9 Å². The number of tetrazole rings is 2. The van der Waals surface area contributed by atoms with Crippen molar-refractivity contribution in [3.63, 3.8) is 0 Å². The van der Waals surface area contributed by atoms with E-state index in [1.54, 1.807) is 61.5 Å². The molecule has 8 aromatic rings. The summed E-state index contributed by atoms with van der Waals surface area (Å²) in [6.07, 6.45) is 0.588. The van der Waals surface area contributed by atoms with Crippen molar-refractivity contribution in [3.05, 3.63) is 171 Å². The summed E-state index contributed by atoms with van der Waals surface area (Å²) in [5.41, 5.74) is 7.47. The largest absolute Gasteiger partial charge is 0.504 e. The van der Waals surface area contributed by atoms with Crippen LogP contribution in [-0.2, 0) is 33.6 Å². The molecule has 0 amide bonds. The van der Waals surface area contributed by atoms with Gasteiger partial charge in [0.15, 0.2) is 64.2 Å². The van der Waals surface area contributed by atoms with Crippen molar-refractivity contribution in [3.8, 4) is 57.3 Å². The zero-order chi connectivity index (χ0) is 64.6. The molecule has 464 valence electrons. The van der Waals surface area contributed by atoms with E-state index in [0.29, 0.717) is 98.4 Å². The average Bonchev–Trinajstić information content (AvgIpc) is 1.38. The maximum absolute atomic E-state index is 13.8. The number of ketones is 1. The Morgan fingerprint density at radius 2 is 1.18 bits per heavy atom. The zero-order valence-corrected chi connectivity index (χ0v) is 49.9. The normalized spacial score (nSPS) is 11.2. The number of halogens is 2. The van der Waals surface area contributed by atoms with Crippen LogP contribution in [0.5, 0.6) is 46.0 Å². The number of aromatic hydroxyl groups is 1. The maximum Gasteiger partial charge on any atom is 0.357 e. The molecular weight excluding hydrogens is 1170 g/mol. The molecule has 1 unspecified atom stereocenters. The third-order valence-corrected chi connectivity index (χ3v) is 12.5. The first-order valence-electron chi connectivity index (χ1n) is 26.0. The molecule has 0 spiro atoms. The SMILES string of the molecule is COC(=O)c1ccc(O)c(OC)c1.COc1cc(C(=O)CCC(C)(O)c2cc(C(C)(C)N)cc(-c3ccc(F)c(Cl)c3)n2)ccc1OCc1nn[nH]n1.COc1cc(C(=O)O)ccc1OCCc1nn[nH]n1.[C-]#[N+]COc1ccc(C(=O)OC)cc1OC. The molecule has 5 aromatic carbocycles. The number of carboxylic acids is 1. The number of aromatic carboxylic acids is 1. The molecule has 8 rings (SSSR count). The van der Waals surface area contributed by atoms with Crippen molar-refractivity contribution in [2.75, 3.05) is 56.0 Å². The quantitative estimate of drug-likeness (QED) is 0.0200. The summed E-state index contributed by atoms with van der Waals surface area (Å²) in [6.45, 7) is 12.2. The van der Waals surface area contributed by atoms with Gasteiger partial charge in [-0.05, 0) is 136 Å². The van der Waals surface area contributed by atoms with Gasteiger partial charge < -0.3 is 63.7 Å². The Kier molecular flexibility index (Phi) is 25.4. The van der Waals surface area contributed by atoms with Crippen LogP contribution in [0.4, 0.5) is 4.39 Å². The molecule has 0 bridgehead atoms.